The Morgan fingerprint density at radius 3 is 2.38 bits per heavy atom. The van der Waals surface area contributed by atoms with Crippen molar-refractivity contribution in [2.45, 2.75) is 36.3 Å². The van der Waals surface area contributed by atoms with Gasteiger partial charge in [0.25, 0.3) is 15.8 Å². The molecule has 158 valence electrons. The number of rotatable bonds is 7. The van der Waals surface area contributed by atoms with Gasteiger partial charge in [0.05, 0.1) is 6.10 Å². The SMILES string of the molecule is CC(C)OC(=O)C(C(=O)C(F)(F)F)c1cc(NS(=O)(=O)c2cccs2)ccc1O. The number of phenolic OH excluding ortho intramolecular Hbond substituents is 1. The molecule has 0 amide bonds. The lowest BCUT2D eigenvalue weighted by atomic mass is 9.93. The number of anilines is 1. The normalized spacial score (nSPS) is 13.2. The van der Waals surface area contributed by atoms with E-state index in [0.29, 0.717) is 0 Å². The van der Waals surface area contributed by atoms with Gasteiger partial charge in [-0.1, -0.05) is 6.07 Å². The van der Waals surface area contributed by atoms with Crippen LogP contribution in [0.5, 0.6) is 5.75 Å². The molecule has 0 radical (unpaired) electrons. The molecule has 0 saturated carbocycles. The number of hydrogen-bond acceptors (Lipinski definition) is 7. The molecule has 29 heavy (non-hydrogen) atoms. The summed E-state index contributed by atoms with van der Waals surface area (Å²) in [5.74, 6) is -7.27. The van der Waals surface area contributed by atoms with Crippen molar-refractivity contribution >= 4 is 38.8 Å². The Bertz CT molecular complexity index is 1000. The number of nitrogens with one attached hydrogen (secondary N) is 1. The molecule has 0 spiro atoms. The first-order chi connectivity index (χ1) is 13.3. The number of hydrogen-bond donors (Lipinski definition) is 2. The number of phenols is 1. The van der Waals surface area contributed by atoms with Gasteiger partial charge in [-0.3, -0.25) is 14.3 Å². The zero-order chi connectivity index (χ0) is 22.0. The molecule has 1 aromatic carbocycles. The second-order valence-corrected chi connectivity index (χ2v) is 8.95. The fraction of sp³-hybridized carbons (Fsp3) is 0.294. The number of aromatic hydroxyl groups is 1. The molecule has 2 aromatic rings. The molecular weight excluding hydrogens is 435 g/mol. The predicted molar refractivity (Wildman–Crippen MR) is 98.3 cm³/mol. The monoisotopic (exact) mass is 451 g/mol. The van der Waals surface area contributed by atoms with Crippen molar-refractivity contribution in [3.63, 3.8) is 0 Å². The van der Waals surface area contributed by atoms with Gasteiger partial charge in [0.15, 0.2) is 5.92 Å². The molecule has 0 aliphatic carbocycles. The minimum atomic E-state index is -5.39. The van der Waals surface area contributed by atoms with E-state index in [-0.39, 0.29) is 9.90 Å². The highest BCUT2D eigenvalue weighted by atomic mass is 32.2. The quantitative estimate of drug-likeness (QED) is 0.379. The summed E-state index contributed by atoms with van der Waals surface area (Å²) in [6.45, 7) is 2.75. The second kappa shape index (κ2) is 8.41. The lowest BCUT2D eigenvalue weighted by Gasteiger charge is -2.20. The van der Waals surface area contributed by atoms with Gasteiger partial charge >= 0.3 is 12.1 Å². The van der Waals surface area contributed by atoms with E-state index in [0.717, 1.165) is 29.5 Å². The zero-order valence-corrected chi connectivity index (χ0v) is 16.7. The first-order valence-electron chi connectivity index (χ1n) is 8.03. The maximum Gasteiger partial charge on any atom is 0.451 e. The number of thiophene rings is 1. The Kier molecular flexibility index (Phi) is 6.58. The van der Waals surface area contributed by atoms with Crippen LogP contribution in [0.25, 0.3) is 0 Å². The lowest BCUT2D eigenvalue weighted by molar-refractivity contribution is -0.178. The van der Waals surface area contributed by atoms with Crippen LogP contribution in [0.2, 0.25) is 0 Å². The molecular formula is C17H16F3NO6S2. The summed E-state index contributed by atoms with van der Waals surface area (Å²) in [6.07, 6.45) is -6.21. The van der Waals surface area contributed by atoms with Crippen LogP contribution in [0.15, 0.2) is 39.9 Å². The highest BCUT2D eigenvalue weighted by Gasteiger charge is 2.48. The van der Waals surface area contributed by atoms with Crippen molar-refractivity contribution in [2.24, 2.45) is 0 Å². The van der Waals surface area contributed by atoms with Gasteiger partial charge in [0.2, 0.25) is 0 Å². The first kappa shape index (κ1) is 22.7. The molecule has 7 nitrogen and oxygen atoms in total. The van der Waals surface area contributed by atoms with E-state index in [1.807, 2.05) is 0 Å². The van der Waals surface area contributed by atoms with Gasteiger partial charge in [0, 0.05) is 11.3 Å². The Morgan fingerprint density at radius 1 is 1.21 bits per heavy atom. The number of carbonyl (C=O) groups is 2. The number of ketones is 1. The van der Waals surface area contributed by atoms with E-state index in [1.54, 1.807) is 0 Å². The third-order valence-corrected chi connectivity index (χ3v) is 6.26. The largest absolute Gasteiger partial charge is 0.508 e. The third kappa shape index (κ3) is 5.48. The Labute approximate surface area is 168 Å². The smallest absolute Gasteiger partial charge is 0.451 e. The van der Waals surface area contributed by atoms with Gasteiger partial charge in [-0.25, -0.2) is 8.42 Å². The molecule has 1 heterocycles. The lowest BCUT2D eigenvalue weighted by Crippen LogP contribution is -2.35. The maximum absolute atomic E-state index is 13.0. The molecule has 0 bridgehead atoms. The Balaban J connectivity index is 2.50. The van der Waals surface area contributed by atoms with Crippen LogP contribution in [-0.2, 0) is 24.3 Å². The topological polar surface area (TPSA) is 110 Å². The summed E-state index contributed by atoms with van der Waals surface area (Å²) < 4.78 is 70.5. The molecule has 0 aliphatic rings. The molecule has 0 saturated heterocycles. The van der Waals surface area contributed by atoms with Crippen molar-refractivity contribution in [1.29, 1.82) is 0 Å². The van der Waals surface area contributed by atoms with Crippen LogP contribution in [-0.4, -0.2) is 37.6 Å². The van der Waals surface area contributed by atoms with Crippen LogP contribution < -0.4 is 4.72 Å². The average molecular weight is 451 g/mol. The molecule has 1 atom stereocenters. The molecule has 0 fully saturated rings. The van der Waals surface area contributed by atoms with E-state index < -0.39 is 51.3 Å². The summed E-state index contributed by atoms with van der Waals surface area (Å²) in [5.41, 5.74) is -0.979. The van der Waals surface area contributed by atoms with Crippen molar-refractivity contribution in [1.82, 2.24) is 0 Å². The highest BCUT2D eigenvalue weighted by Crippen LogP contribution is 2.36. The van der Waals surface area contributed by atoms with E-state index >= 15 is 0 Å². The maximum atomic E-state index is 13.0. The van der Waals surface area contributed by atoms with E-state index in [2.05, 4.69) is 4.72 Å². The van der Waals surface area contributed by atoms with Crippen LogP contribution in [0, 0.1) is 0 Å². The van der Waals surface area contributed by atoms with Crippen molar-refractivity contribution in [3.05, 3.63) is 41.3 Å². The van der Waals surface area contributed by atoms with Gasteiger partial charge in [-0.2, -0.15) is 13.2 Å². The molecule has 1 unspecified atom stereocenters. The van der Waals surface area contributed by atoms with Crippen LogP contribution in [0.1, 0.15) is 25.3 Å². The van der Waals surface area contributed by atoms with Crippen molar-refractivity contribution in [2.75, 3.05) is 4.72 Å². The van der Waals surface area contributed by atoms with E-state index in [9.17, 15) is 36.3 Å². The number of ether oxygens (including phenoxy) is 1. The number of halogens is 3. The summed E-state index contributed by atoms with van der Waals surface area (Å²) in [4.78, 5) is 24.0. The van der Waals surface area contributed by atoms with Gasteiger partial charge < -0.3 is 9.84 Å². The third-order valence-electron chi connectivity index (χ3n) is 3.48. The Hall–Kier alpha value is -2.60. The van der Waals surface area contributed by atoms with E-state index in [4.69, 9.17) is 4.74 Å². The van der Waals surface area contributed by atoms with Crippen molar-refractivity contribution in [3.8, 4) is 5.75 Å². The number of esters is 1. The highest BCUT2D eigenvalue weighted by molar-refractivity contribution is 7.94. The average Bonchev–Trinajstić information content (AvgIpc) is 3.11. The first-order valence-corrected chi connectivity index (χ1v) is 10.4. The number of sulfonamides is 1. The minimum Gasteiger partial charge on any atom is -0.508 e. The second-order valence-electron chi connectivity index (χ2n) is 6.09. The number of benzene rings is 1. The summed E-state index contributed by atoms with van der Waals surface area (Å²) in [6, 6.07) is 5.54. The zero-order valence-electron chi connectivity index (χ0n) is 15.1. The van der Waals surface area contributed by atoms with Gasteiger partial charge in [-0.05, 0) is 43.5 Å². The van der Waals surface area contributed by atoms with E-state index in [1.165, 1.54) is 31.4 Å². The number of Topliss-reactive ketones (excluding diaryl/α,β-unsaturated/α-hetero) is 1. The Morgan fingerprint density at radius 2 is 1.86 bits per heavy atom. The van der Waals surface area contributed by atoms with Gasteiger partial charge in [0.1, 0.15) is 9.96 Å². The number of alkyl halides is 3. The van der Waals surface area contributed by atoms with Gasteiger partial charge in [-0.15, -0.1) is 11.3 Å². The summed E-state index contributed by atoms with van der Waals surface area (Å²) in [7, 11) is -4.05. The fourth-order valence-corrected chi connectivity index (χ4v) is 4.35. The summed E-state index contributed by atoms with van der Waals surface area (Å²) in [5, 5.41) is 11.5. The van der Waals surface area contributed by atoms with Crippen LogP contribution in [0.4, 0.5) is 18.9 Å². The fourth-order valence-electron chi connectivity index (χ4n) is 2.31. The number of carbonyl (C=O) groups excluding carboxylic acids is 2. The molecule has 2 rings (SSSR count). The van der Waals surface area contributed by atoms with Crippen LogP contribution in [0.3, 0.4) is 0 Å². The molecule has 2 N–H and O–H groups in total. The molecule has 1 aromatic heterocycles. The van der Waals surface area contributed by atoms with Crippen LogP contribution >= 0.6 is 11.3 Å². The van der Waals surface area contributed by atoms with Crippen molar-refractivity contribution < 1.29 is 41.0 Å². The standard InChI is InChI=1S/C17H16F3NO6S2/c1-9(2)27-16(24)14(15(23)17(18,19)20)11-8-10(5-6-12(11)22)21-29(25,26)13-4-3-7-28-13/h3-9,14,21-22H,1-2H3. The predicted octanol–water partition coefficient (Wildman–Crippen LogP) is 3.42. The summed E-state index contributed by atoms with van der Waals surface area (Å²) >= 11 is 0.906. The molecule has 12 heteroatoms. The molecule has 0 aliphatic heterocycles. The minimum absolute atomic E-state index is 0.0609.